The fourth-order valence-electron chi connectivity index (χ4n) is 2.49. The number of hydrogen-bond acceptors (Lipinski definition) is 3. The molecule has 0 aliphatic rings. The van der Waals surface area contributed by atoms with Gasteiger partial charge in [-0.2, -0.15) is 0 Å². The third-order valence-corrected chi connectivity index (χ3v) is 4.37. The van der Waals surface area contributed by atoms with Gasteiger partial charge in [-0.1, -0.05) is 41.4 Å². The van der Waals surface area contributed by atoms with Crippen LogP contribution in [0.4, 0.5) is 15.8 Å². The van der Waals surface area contributed by atoms with Crippen molar-refractivity contribution in [2.24, 2.45) is 0 Å². The maximum absolute atomic E-state index is 13.3. The molecule has 0 aliphatic carbocycles. The second-order valence-electron chi connectivity index (χ2n) is 5.94. The minimum absolute atomic E-state index is 0.0325. The lowest BCUT2D eigenvalue weighted by Gasteiger charge is -2.14. The maximum atomic E-state index is 13.3. The summed E-state index contributed by atoms with van der Waals surface area (Å²) in [7, 11) is 0. The summed E-state index contributed by atoms with van der Waals surface area (Å²) in [4.78, 5) is 12.1. The van der Waals surface area contributed by atoms with Crippen molar-refractivity contribution in [1.29, 1.82) is 0 Å². The fourth-order valence-corrected chi connectivity index (χ4v) is 2.87. The molecule has 0 heterocycles. The van der Waals surface area contributed by atoms with Crippen LogP contribution in [-0.4, -0.2) is 12.5 Å². The smallest absolute Gasteiger partial charge is 0.262 e. The summed E-state index contributed by atoms with van der Waals surface area (Å²) in [6.45, 7) is 0.212. The summed E-state index contributed by atoms with van der Waals surface area (Å²) < 4.78 is 18.9. The van der Waals surface area contributed by atoms with Gasteiger partial charge in [0.2, 0.25) is 0 Å². The first kappa shape index (κ1) is 20.0. The summed E-state index contributed by atoms with van der Waals surface area (Å²) in [5.74, 6) is -0.234. The van der Waals surface area contributed by atoms with Gasteiger partial charge >= 0.3 is 0 Å². The fraction of sp³-hybridized carbons (Fsp3) is 0.0952. The molecular weight excluding hydrogens is 402 g/mol. The van der Waals surface area contributed by atoms with Crippen LogP contribution in [0.2, 0.25) is 10.0 Å². The predicted molar refractivity (Wildman–Crippen MR) is 111 cm³/mol. The molecule has 0 saturated heterocycles. The van der Waals surface area contributed by atoms with Crippen molar-refractivity contribution in [1.82, 2.24) is 0 Å². The van der Waals surface area contributed by atoms with Crippen molar-refractivity contribution in [2.75, 3.05) is 17.2 Å². The van der Waals surface area contributed by atoms with E-state index in [9.17, 15) is 9.18 Å². The molecule has 0 spiro atoms. The first-order chi connectivity index (χ1) is 13.5. The Morgan fingerprint density at radius 1 is 0.964 bits per heavy atom. The molecule has 0 saturated carbocycles. The quantitative estimate of drug-likeness (QED) is 0.512. The van der Waals surface area contributed by atoms with Gasteiger partial charge in [-0.15, -0.1) is 0 Å². The van der Waals surface area contributed by atoms with E-state index in [1.54, 1.807) is 36.4 Å². The summed E-state index contributed by atoms with van der Waals surface area (Å²) in [6.07, 6.45) is 0. The highest BCUT2D eigenvalue weighted by molar-refractivity contribution is 6.31. The van der Waals surface area contributed by atoms with Crippen LogP contribution >= 0.6 is 23.2 Å². The van der Waals surface area contributed by atoms with Crippen LogP contribution in [0, 0.1) is 5.82 Å². The van der Waals surface area contributed by atoms with Crippen molar-refractivity contribution in [2.45, 2.75) is 6.54 Å². The highest BCUT2D eigenvalue weighted by Crippen LogP contribution is 2.25. The number of carbonyl (C=O) groups excluding carboxylic acids is 1. The lowest BCUT2D eigenvalue weighted by Crippen LogP contribution is -2.20. The Bertz CT molecular complexity index is 968. The molecule has 0 radical (unpaired) electrons. The Labute approximate surface area is 172 Å². The van der Waals surface area contributed by atoms with E-state index in [0.29, 0.717) is 28.7 Å². The van der Waals surface area contributed by atoms with Gasteiger partial charge in [0.1, 0.15) is 11.6 Å². The lowest BCUT2D eigenvalue weighted by molar-refractivity contribution is -0.118. The number of amides is 1. The zero-order valence-corrected chi connectivity index (χ0v) is 16.2. The monoisotopic (exact) mass is 418 g/mol. The molecule has 28 heavy (non-hydrogen) atoms. The number of anilines is 2. The maximum Gasteiger partial charge on any atom is 0.262 e. The first-order valence-corrected chi connectivity index (χ1v) is 9.22. The molecule has 3 aromatic carbocycles. The third kappa shape index (κ3) is 5.62. The average molecular weight is 419 g/mol. The lowest BCUT2D eigenvalue weighted by atomic mass is 10.2. The van der Waals surface area contributed by atoms with Gasteiger partial charge in [0.05, 0.1) is 5.02 Å². The number of benzene rings is 3. The molecule has 4 nitrogen and oxygen atoms in total. The Morgan fingerprint density at radius 3 is 2.50 bits per heavy atom. The standard InChI is InChI=1S/C21H17Cl2FN2O2/c22-15-6-9-20(28-13-21(27)26-16-4-2-1-3-5-16)14(10-15)12-25-17-7-8-19(24)18(23)11-17/h1-11,25H,12-13H2,(H,26,27). The summed E-state index contributed by atoms with van der Waals surface area (Å²) in [5, 5.41) is 6.46. The molecule has 3 aromatic rings. The Balaban J connectivity index is 1.63. The average Bonchev–Trinajstić information content (AvgIpc) is 2.69. The largest absolute Gasteiger partial charge is 0.483 e. The second kappa shape index (κ2) is 9.44. The molecule has 144 valence electrons. The van der Waals surface area contributed by atoms with Crippen LogP contribution in [0.5, 0.6) is 5.75 Å². The Kier molecular flexibility index (Phi) is 6.74. The molecular formula is C21H17Cl2FN2O2. The van der Waals surface area contributed by atoms with Gasteiger partial charge in [0.15, 0.2) is 6.61 Å². The zero-order chi connectivity index (χ0) is 19.9. The van der Waals surface area contributed by atoms with Gasteiger partial charge in [-0.05, 0) is 48.5 Å². The normalized spacial score (nSPS) is 10.4. The number of hydrogen-bond donors (Lipinski definition) is 2. The van der Waals surface area contributed by atoms with Crippen molar-refractivity contribution in [3.8, 4) is 5.75 Å². The molecule has 0 aliphatic heterocycles. The van der Waals surface area contributed by atoms with Gasteiger partial charge in [0.25, 0.3) is 5.91 Å². The number of carbonyl (C=O) groups is 1. The van der Waals surface area contributed by atoms with E-state index < -0.39 is 5.82 Å². The molecule has 2 N–H and O–H groups in total. The van der Waals surface area contributed by atoms with E-state index in [4.69, 9.17) is 27.9 Å². The summed E-state index contributed by atoms with van der Waals surface area (Å²) >= 11 is 11.9. The minimum atomic E-state index is -0.483. The van der Waals surface area contributed by atoms with Crippen molar-refractivity contribution in [3.63, 3.8) is 0 Å². The highest BCUT2D eigenvalue weighted by Gasteiger charge is 2.09. The highest BCUT2D eigenvalue weighted by atomic mass is 35.5. The van der Waals surface area contributed by atoms with Crippen molar-refractivity contribution >= 4 is 40.5 Å². The van der Waals surface area contributed by atoms with Gasteiger partial charge in [-0.3, -0.25) is 4.79 Å². The summed E-state index contributed by atoms with van der Waals surface area (Å²) in [5.41, 5.74) is 2.10. The SMILES string of the molecule is O=C(COc1ccc(Cl)cc1CNc1ccc(F)c(Cl)c1)Nc1ccccc1. The van der Waals surface area contributed by atoms with E-state index in [2.05, 4.69) is 10.6 Å². The molecule has 7 heteroatoms. The van der Waals surface area contributed by atoms with E-state index in [0.717, 1.165) is 5.56 Å². The zero-order valence-electron chi connectivity index (χ0n) is 14.7. The van der Waals surface area contributed by atoms with Crippen LogP contribution in [0.1, 0.15) is 5.56 Å². The van der Waals surface area contributed by atoms with Gasteiger partial charge in [0, 0.05) is 28.5 Å². The van der Waals surface area contributed by atoms with Crippen molar-refractivity contribution in [3.05, 3.63) is 88.2 Å². The van der Waals surface area contributed by atoms with Gasteiger partial charge in [-0.25, -0.2) is 4.39 Å². The minimum Gasteiger partial charge on any atom is -0.483 e. The van der Waals surface area contributed by atoms with Crippen LogP contribution in [-0.2, 0) is 11.3 Å². The Hall–Kier alpha value is -2.76. The molecule has 0 bridgehead atoms. The third-order valence-electron chi connectivity index (χ3n) is 3.84. The molecule has 1 amide bonds. The van der Waals surface area contributed by atoms with E-state index in [1.807, 2.05) is 18.2 Å². The molecule has 0 atom stereocenters. The van der Waals surface area contributed by atoms with Crippen LogP contribution in [0.25, 0.3) is 0 Å². The predicted octanol–water partition coefficient (Wildman–Crippen LogP) is 5.76. The number of halogens is 3. The number of para-hydroxylation sites is 1. The molecule has 0 aromatic heterocycles. The van der Waals surface area contributed by atoms with Crippen molar-refractivity contribution < 1.29 is 13.9 Å². The molecule has 0 unspecified atom stereocenters. The van der Waals surface area contributed by atoms with Crippen LogP contribution in [0.15, 0.2) is 66.7 Å². The molecule has 3 rings (SSSR count). The van der Waals surface area contributed by atoms with Crippen LogP contribution in [0.3, 0.4) is 0 Å². The first-order valence-electron chi connectivity index (χ1n) is 8.46. The number of nitrogens with one attached hydrogen (secondary N) is 2. The van der Waals surface area contributed by atoms with E-state index in [-0.39, 0.29) is 17.5 Å². The van der Waals surface area contributed by atoms with E-state index >= 15 is 0 Å². The topological polar surface area (TPSA) is 50.4 Å². The number of ether oxygens (including phenoxy) is 1. The summed E-state index contributed by atoms with van der Waals surface area (Å²) in [6, 6.07) is 18.6. The van der Waals surface area contributed by atoms with E-state index in [1.165, 1.54) is 12.1 Å². The Morgan fingerprint density at radius 2 is 1.75 bits per heavy atom. The van der Waals surface area contributed by atoms with Crippen LogP contribution < -0.4 is 15.4 Å². The number of rotatable bonds is 7. The molecule has 0 fully saturated rings. The second-order valence-corrected chi connectivity index (χ2v) is 6.78. The van der Waals surface area contributed by atoms with Gasteiger partial charge < -0.3 is 15.4 Å².